The van der Waals surface area contributed by atoms with Crippen molar-refractivity contribution in [2.75, 3.05) is 6.61 Å². The third-order valence-corrected chi connectivity index (χ3v) is 7.78. The first-order chi connectivity index (χ1) is 17.9. The highest BCUT2D eigenvalue weighted by atomic mass is 32.5. The van der Waals surface area contributed by atoms with Crippen LogP contribution < -0.4 is 14.9 Å². The van der Waals surface area contributed by atoms with Crippen molar-refractivity contribution < 1.29 is 38.3 Å². The van der Waals surface area contributed by atoms with Crippen molar-refractivity contribution in [3.63, 3.8) is 0 Å². The zero-order chi connectivity index (χ0) is 28.1. The van der Waals surface area contributed by atoms with Gasteiger partial charge >= 0.3 is 18.6 Å². The maximum atomic E-state index is 12.4. The number of aliphatic hydroxyl groups is 2. The maximum Gasteiger partial charge on any atom is 0.328 e. The van der Waals surface area contributed by atoms with Crippen LogP contribution in [0.4, 0.5) is 4.79 Å². The van der Waals surface area contributed by atoms with Gasteiger partial charge in [-0.3, -0.25) is 9.69 Å². The Bertz CT molecular complexity index is 1180. The average Bonchev–Trinajstić information content (AvgIpc) is 3.09. The SMILES string of the molecule is C=C1C=CN([C@@H]2O[C@@](COP(=S)(NC(C)C(=O)OC(C)C)Oc3ccccc3)(N=[N+]=[N-])[C@@H](O)[C@H]2O)C(=O)N1. The van der Waals surface area contributed by atoms with E-state index in [1.54, 1.807) is 44.2 Å². The second kappa shape index (κ2) is 12.2. The van der Waals surface area contributed by atoms with Crippen LogP contribution in [0.1, 0.15) is 20.8 Å². The summed E-state index contributed by atoms with van der Waals surface area (Å²) in [5.74, 6) is -0.303. The first-order valence-corrected chi connectivity index (χ1v) is 14.1. The van der Waals surface area contributed by atoms with Crippen molar-refractivity contribution in [3.8, 4) is 5.75 Å². The number of hydrogen-bond donors (Lipinski definition) is 4. The lowest BCUT2D eigenvalue weighted by atomic mass is 10.1. The zero-order valence-electron chi connectivity index (χ0n) is 20.8. The van der Waals surface area contributed by atoms with Crippen molar-refractivity contribution in [2.24, 2.45) is 5.11 Å². The van der Waals surface area contributed by atoms with Crippen molar-refractivity contribution in [1.29, 1.82) is 0 Å². The fraction of sp³-hybridized carbons (Fsp3) is 0.455. The fourth-order valence-corrected chi connectivity index (χ4v) is 5.90. The highest BCUT2D eigenvalue weighted by Gasteiger charge is 2.57. The van der Waals surface area contributed by atoms with Gasteiger partial charge in [0, 0.05) is 16.8 Å². The molecule has 2 aliphatic heterocycles. The lowest BCUT2D eigenvalue weighted by Gasteiger charge is -2.33. The van der Waals surface area contributed by atoms with Crippen molar-refractivity contribution >= 4 is 30.4 Å². The predicted molar refractivity (Wildman–Crippen MR) is 139 cm³/mol. The van der Waals surface area contributed by atoms with E-state index in [0.717, 1.165) is 4.90 Å². The van der Waals surface area contributed by atoms with Crippen LogP contribution in [0.25, 0.3) is 10.4 Å². The van der Waals surface area contributed by atoms with Gasteiger partial charge in [0.25, 0.3) is 0 Å². The summed E-state index contributed by atoms with van der Waals surface area (Å²) in [4.78, 5) is 28.5. The molecule has 4 N–H and O–H groups in total. The fourth-order valence-electron chi connectivity index (χ4n) is 3.49. The number of urea groups is 1. The average molecular weight is 569 g/mol. The number of azide groups is 1. The number of benzene rings is 1. The van der Waals surface area contributed by atoms with Gasteiger partial charge in [-0.25, -0.2) is 9.88 Å². The number of rotatable bonds is 11. The van der Waals surface area contributed by atoms with Crippen LogP contribution in [-0.2, 0) is 30.6 Å². The topological polar surface area (TPSA) is 188 Å². The predicted octanol–water partition coefficient (Wildman–Crippen LogP) is 2.37. The lowest BCUT2D eigenvalue weighted by Crippen LogP contribution is -2.49. The molecule has 14 nitrogen and oxygen atoms in total. The molecule has 6 atom stereocenters. The van der Waals surface area contributed by atoms with E-state index in [1.807, 2.05) is 0 Å². The van der Waals surface area contributed by atoms with Gasteiger partial charge < -0.3 is 34.1 Å². The molecule has 0 radical (unpaired) electrons. The molecule has 16 heteroatoms. The van der Waals surface area contributed by atoms with E-state index in [-0.39, 0.29) is 6.10 Å². The van der Waals surface area contributed by atoms with E-state index >= 15 is 0 Å². The number of carbonyl (C=O) groups excluding carboxylic acids is 2. The number of amides is 2. The molecule has 0 bridgehead atoms. The third kappa shape index (κ3) is 6.90. The summed E-state index contributed by atoms with van der Waals surface area (Å²) in [5, 5.41) is 30.4. The van der Waals surface area contributed by atoms with Gasteiger partial charge in [0.15, 0.2) is 6.23 Å². The molecule has 206 valence electrons. The van der Waals surface area contributed by atoms with Crippen molar-refractivity contribution in [3.05, 3.63) is 65.3 Å². The van der Waals surface area contributed by atoms with Gasteiger partial charge in [-0.15, -0.1) is 0 Å². The summed E-state index contributed by atoms with van der Waals surface area (Å²) >= 11 is 5.63. The van der Waals surface area contributed by atoms with Crippen molar-refractivity contribution in [2.45, 2.75) is 57.1 Å². The van der Waals surface area contributed by atoms with Crippen LogP contribution in [0.2, 0.25) is 0 Å². The number of nitrogens with one attached hydrogen (secondary N) is 2. The van der Waals surface area contributed by atoms with Crippen LogP contribution in [0, 0.1) is 0 Å². The first kappa shape index (κ1) is 29.6. The third-order valence-electron chi connectivity index (χ3n) is 5.30. The van der Waals surface area contributed by atoms with Crippen LogP contribution in [-0.4, -0.2) is 70.0 Å². The molecule has 2 amide bonds. The molecule has 2 aliphatic rings. The smallest absolute Gasteiger partial charge is 0.328 e. The zero-order valence-corrected chi connectivity index (χ0v) is 22.5. The van der Waals surface area contributed by atoms with Crippen molar-refractivity contribution in [1.82, 2.24) is 15.3 Å². The highest BCUT2D eigenvalue weighted by molar-refractivity contribution is 8.09. The minimum atomic E-state index is -3.62. The number of allylic oxidation sites excluding steroid dienone is 1. The Hall–Kier alpha value is -3.00. The largest absolute Gasteiger partial charge is 0.462 e. The Morgan fingerprint density at radius 2 is 2.08 bits per heavy atom. The number of ether oxygens (including phenoxy) is 2. The van der Waals surface area contributed by atoms with Gasteiger partial charge in [0.1, 0.15) is 24.0 Å². The van der Waals surface area contributed by atoms with Gasteiger partial charge in [0.2, 0.25) is 5.72 Å². The van der Waals surface area contributed by atoms with Crippen LogP contribution in [0.3, 0.4) is 0 Å². The molecule has 38 heavy (non-hydrogen) atoms. The molecular formula is C22H29N6O8PS. The molecule has 2 unspecified atom stereocenters. The molecule has 1 fully saturated rings. The second-order valence-electron chi connectivity index (χ2n) is 8.67. The monoisotopic (exact) mass is 568 g/mol. The first-order valence-electron chi connectivity index (χ1n) is 11.4. The normalized spacial score (nSPS) is 27.3. The molecule has 0 aliphatic carbocycles. The van der Waals surface area contributed by atoms with Crippen LogP contribution >= 0.6 is 6.64 Å². The Labute approximate surface area is 224 Å². The van der Waals surface area contributed by atoms with Gasteiger partial charge in [-0.1, -0.05) is 29.9 Å². The molecule has 2 heterocycles. The van der Waals surface area contributed by atoms with E-state index in [9.17, 15) is 25.3 Å². The Kier molecular flexibility index (Phi) is 9.52. The van der Waals surface area contributed by atoms with E-state index in [4.69, 9.17) is 30.3 Å². The minimum Gasteiger partial charge on any atom is -0.462 e. The molecular weight excluding hydrogens is 539 g/mol. The van der Waals surface area contributed by atoms with E-state index in [0.29, 0.717) is 11.4 Å². The molecule has 1 saturated heterocycles. The quantitative estimate of drug-likeness (QED) is 0.101. The van der Waals surface area contributed by atoms with Crippen LogP contribution in [0.5, 0.6) is 5.75 Å². The summed E-state index contributed by atoms with van der Waals surface area (Å²) in [5.41, 5.74) is 7.32. The number of nitrogens with zero attached hydrogens (tertiary/aromatic N) is 4. The number of aliphatic hydroxyl groups excluding tert-OH is 2. The number of hydrogen-bond acceptors (Lipinski definition) is 10. The summed E-state index contributed by atoms with van der Waals surface area (Å²) in [7, 11) is 0. The van der Waals surface area contributed by atoms with Gasteiger partial charge in [-0.05, 0) is 56.3 Å². The second-order valence-corrected chi connectivity index (χ2v) is 11.8. The van der Waals surface area contributed by atoms with E-state index < -0.39 is 55.5 Å². The minimum absolute atomic E-state index is 0.305. The van der Waals surface area contributed by atoms with E-state index in [2.05, 4.69) is 27.0 Å². The Balaban J connectivity index is 1.87. The summed E-state index contributed by atoms with van der Waals surface area (Å²) in [6, 6.07) is 6.72. The molecule has 0 aromatic heterocycles. The van der Waals surface area contributed by atoms with Crippen LogP contribution in [0.15, 0.2) is 60.0 Å². The van der Waals surface area contributed by atoms with Gasteiger partial charge in [0.05, 0.1) is 12.7 Å². The lowest BCUT2D eigenvalue weighted by molar-refractivity contribution is -0.149. The summed E-state index contributed by atoms with van der Waals surface area (Å²) in [6.45, 7) is 4.16. The van der Waals surface area contributed by atoms with E-state index in [1.165, 1.54) is 19.2 Å². The molecule has 0 spiro atoms. The number of carbonyl (C=O) groups is 2. The maximum absolute atomic E-state index is 12.4. The number of esters is 1. The Morgan fingerprint density at radius 1 is 1.39 bits per heavy atom. The molecule has 1 aromatic carbocycles. The molecule has 3 rings (SSSR count). The van der Waals surface area contributed by atoms with Gasteiger partial charge in [-0.2, -0.15) is 0 Å². The number of para-hydroxylation sites is 1. The highest BCUT2D eigenvalue weighted by Crippen LogP contribution is 2.48. The molecule has 0 saturated carbocycles. The standard InChI is InChI=1S/C22H29N6O8PS/c1-13(2)34-20(31)15(4)25-37(38,36-16-8-6-5-7-9-16)33-12-22(26-27-23)18(30)17(29)19(35-22)28-11-10-14(3)24-21(28)32/h5-11,13,15,17-19,29-30H,3,12H2,1-2,4H3,(H,24,32)(H,25,38)/t15?,17-,18+,19-,22-,37?/m1/s1. The molecule has 1 aromatic rings. The Morgan fingerprint density at radius 3 is 2.68 bits per heavy atom. The summed E-state index contributed by atoms with van der Waals surface area (Å²) < 4.78 is 22.7. The summed E-state index contributed by atoms with van der Waals surface area (Å²) in [6.07, 6.45) is -2.63.